The molecule has 0 bridgehead atoms. The first-order valence-corrected chi connectivity index (χ1v) is 10.9. The van der Waals surface area contributed by atoms with Crippen LogP contribution < -0.4 is 0 Å². The molecule has 0 aromatic rings. The number of hydrogen-bond acceptors (Lipinski definition) is 2. The molecule has 4 aliphatic rings. The molecular weight excluding hydrogens is 411 g/mol. The van der Waals surface area contributed by atoms with Crippen molar-refractivity contribution < 1.29 is 9.90 Å². The quantitative estimate of drug-likeness (QED) is 0.580. The van der Waals surface area contributed by atoms with Crippen molar-refractivity contribution in [3.05, 3.63) is 21.8 Å². The maximum atomic E-state index is 11.9. The maximum Gasteiger partial charge on any atom is 0.155 e. The number of allylic oxidation sites excluding steroid dienone is 1. The summed E-state index contributed by atoms with van der Waals surface area (Å²) in [6.07, 6.45) is 11.4. The summed E-state index contributed by atoms with van der Waals surface area (Å²) in [5, 5.41) is 11.3. The molecule has 132 valence electrons. The van der Waals surface area contributed by atoms with Gasteiger partial charge in [-0.25, -0.2) is 0 Å². The topological polar surface area (TPSA) is 37.3 Å². The zero-order valence-corrected chi connectivity index (χ0v) is 17.0. The average Bonchev–Trinajstić information content (AvgIpc) is 2.79. The highest BCUT2D eigenvalue weighted by Gasteiger charge is 2.62. The van der Waals surface area contributed by atoms with Crippen LogP contribution in [0.25, 0.3) is 0 Å². The second kappa shape index (κ2) is 5.94. The molecule has 1 unspecified atom stereocenters. The monoisotopic (exact) mass is 440 g/mol. The van der Waals surface area contributed by atoms with Crippen molar-refractivity contribution in [1.82, 2.24) is 0 Å². The van der Waals surface area contributed by atoms with Gasteiger partial charge in [0.05, 0.1) is 5.60 Å². The van der Waals surface area contributed by atoms with Gasteiger partial charge in [-0.3, -0.25) is 4.79 Å². The molecule has 0 spiro atoms. The Morgan fingerprint density at radius 1 is 1.29 bits per heavy atom. The number of rotatable bonds is 1. The molecule has 0 aliphatic heterocycles. The lowest BCUT2D eigenvalue weighted by Crippen LogP contribution is -2.53. The minimum atomic E-state index is -0.623. The molecule has 3 fully saturated rings. The Morgan fingerprint density at radius 2 is 2.08 bits per heavy atom. The fourth-order valence-corrected chi connectivity index (χ4v) is 7.61. The van der Waals surface area contributed by atoms with Crippen molar-refractivity contribution in [3.63, 3.8) is 0 Å². The molecular formula is C21H29IO2. The molecule has 3 heteroatoms. The van der Waals surface area contributed by atoms with Gasteiger partial charge in [-0.05, 0) is 84.3 Å². The first kappa shape index (κ1) is 17.3. The van der Waals surface area contributed by atoms with Gasteiger partial charge in [0, 0.05) is 11.8 Å². The number of carbonyl (C=O) groups is 1. The van der Waals surface area contributed by atoms with E-state index in [2.05, 4.69) is 42.5 Å². The van der Waals surface area contributed by atoms with Gasteiger partial charge in [-0.2, -0.15) is 0 Å². The van der Waals surface area contributed by atoms with Crippen LogP contribution >= 0.6 is 22.6 Å². The van der Waals surface area contributed by atoms with Crippen molar-refractivity contribution in [2.45, 2.75) is 64.4 Å². The Labute approximate surface area is 159 Å². The highest BCUT2D eigenvalue weighted by molar-refractivity contribution is 14.1. The van der Waals surface area contributed by atoms with E-state index < -0.39 is 5.60 Å². The van der Waals surface area contributed by atoms with E-state index >= 15 is 0 Å². The van der Waals surface area contributed by atoms with Crippen LogP contribution in [0.3, 0.4) is 0 Å². The predicted molar refractivity (Wildman–Crippen MR) is 105 cm³/mol. The molecule has 0 aromatic carbocycles. The number of ketones is 1. The van der Waals surface area contributed by atoms with E-state index in [-0.39, 0.29) is 5.41 Å². The van der Waals surface area contributed by atoms with Gasteiger partial charge in [0.15, 0.2) is 5.78 Å². The Kier molecular flexibility index (Phi) is 4.27. The second-order valence-electron chi connectivity index (χ2n) is 9.07. The van der Waals surface area contributed by atoms with E-state index in [0.29, 0.717) is 23.5 Å². The van der Waals surface area contributed by atoms with Gasteiger partial charge in [-0.1, -0.05) is 42.0 Å². The molecule has 7 atom stereocenters. The zero-order chi connectivity index (χ0) is 17.1. The Morgan fingerprint density at radius 3 is 2.83 bits per heavy atom. The standard InChI is InChI=1S/C21H29IO2/c1-13-11-14-12-15(23)3-4-16(14)17-5-7-20(2)18(19(13)17)6-8-21(20,24)9-10-22/h9-10,12-13,16-19,24H,3-8,11H2,1-2H3/b10-9+/t13-,16?,17-,18+,19-,20+,21-/m1/s1. The van der Waals surface area contributed by atoms with Crippen LogP contribution in [-0.2, 0) is 4.79 Å². The largest absolute Gasteiger partial charge is 0.385 e. The number of carbonyl (C=O) groups excluding carboxylic acids is 1. The summed E-state index contributed by atoms with van der Waals surface area (Å²) in [6, 6.07) is 0. The maximum absolute atomic E-state index is 11.9. The normalized spacial score (nSPS) is 51.1. The number of halogens is 1. The average molecular weight is 440 g/mol. The summed E-state index contributed by atoms with van der Waals surface area (Å²) in [5.41, 5.74) is 0.849. The van der Waals surface area contributed by atoms with E-state index in [1.54, 1.807) is 0 Å². The van der Waals surface area contributed by atoms with Gasteiger partial charge in [0.1, 0.15) is 0 Å². The van der Waals surface area contributed by atoms with Crippen LogP contribution in [0.1, 0.15) is 58.8 Å². The smallest absolute Gasteiger partial charge is 0.155 e. The van der Waals surface area contributed by atoms with E-state index in [9.17, 15) is 9.90 Å². The lowest BCUT2D eigenvalue weighted by molar-refractivity contribution is -0.118. The second-order valence-corrected chi connectivity index (χ2v) is 9.79. The van der Waals surface area contributed by atoms with Gasteiger partial charge >= 0.3 is 0 Å². The summed E-state index contributed by atoms with van der Waals surface area (Å²) in [5.74, 6) is 3.70. The third-order valence-corrected chi connectivity index (χ3v) is 8.55. The molecule has 1 N–H and O–H groups in total. The fourth-order valence-electron chi connectivity index (χ4n) is 7.02. The molecule has 2 nitrogen and oxygen atoms in total. The molecule has 4 aliphatic carbocycles. The first-order valence-electron chi connectivity index (χ1n) is 9.63. The highest BCUT2D eigenvalue weighted by Crippen LogP contribution is 2.66. The van der Waals surface area contributed by atoms with Crippen molar-refractivity contribution in [2.75, 3.05) is 0 Å². The molecule has 0 saturated heterocycles. The lowest BCUT2D eigenvalue weighted by atomic mass is 9.48. The van der Waals surface area contributed by atoms with Gasteiger partial charge in [-0.15, -0.1) is 0 Å². The van der Waals surface area contributed by atoms with E-state index in [1.807, 2.05) is 10.2 Å². The first-order chi connectivity index (χ1) is 11.4. The highest BCUT2D eigenvalue weighted by atomic mass is 127. The van der Waals surface area contributed by atoms with Crippen molar-refractivity contribution in [1.29, 1.82) is 0 Å². The number of aliphatic hydroxyl groups is 1. The van der Waals surface area contributed by atoms with E-state index in [1.165, 1.54) is 12.0 Å². The van der Waals surface area contributed by atoms with Crippen molar-refractivity contribution >= 4 is 28.4 Å². The lowest BCUT2D eigenvalue weighted by Gasteiger charge is -2.57. The summed E-state index contributed by atoms with van der Waals surface area (Å²) < 4.78 is 2.01. The van der Waals surface area contributed by atoms with Crippen LogP contribution in [0.2, 0.25) is 0 Å². The van der Waals surface area contributed by atoms with E-state index in [0.717, 1.165) is 50.4 Å². The third kappa shape index (κ3) is 2.33. The van der Waals surface area contributed by atoms with Gasteiger partial charge in [0.25, 0.3) is 0 Å². The number of hydrogen-bond donors (Lipinski definition) is 1. The summed E-state index contributed by atoms with van der Waals surface area (Å²) in [7, 11) is 0. The Balaban J connectivity index is 1.68. The molecule has 0 radical (unpaired) electrons. The SMILES string of the molecule is C[C@@H]1CC2=CC(=O)CCC2[C@H]2CC[C@@]3(C)[C@@H](CC[C@@]3(O)/C=C/I)[C@H]12. The minimum absolute atomic E-state index is 0.0236. The minimum Gasteiger partial charge on any atom is -0.385 e. The third-order valence-electron chi connectivity index (χ3n) is 8.19. The van der Waals surface area contributed by atoms with Crippen LogP contribution in [0.4, 0.5) is 0 Å². The van der Waals surface area contributed by atoms with Crippen molar-refractivity contribution in [3.8, 4) is 0 Å². The summed E-state index contributed by atoms with van der Waals surface area (Å²) in [6.45, 7) is 4.74. The van der Waals surface area contributed by atoms with Crippen LogP contribution in [0.15, 0.2) is 21.8 Å². The summed E-state index contributed by atoms with van der Waals surface area (Å²) in [4.78, 5) is 11.9. The molecule has 0 heterocycles. The van der Waals surface area contributed by atoms with Gasteiger partial charge in [0.2, 0.25) is 0 Å². The molecule has 0 amide bonds. The Hall–Kier alpha value is -0.160. The van der Waals surface area contributed by atoms with Crippen LogP contribution in [0, 0.1) is 35.0 Å². The number of fused-ring (bicyclic) bond motifs is 5. The van der Waals surface area contributed by atoms with E-state index in [4.69, 9.17) is 0 Å². The Bertz CT molecular complexity index is 609. The van der Waals surface area contributed by atoms with Crippen molar-refractivity contribution in [2.24, 2.45) is 35.0 Å². The van der Waals surface area contributed by atoms with Gasteiger partial charge < -0.3 is 5.11 Å². The zero-order valence-electron chi connectivity index (χ0n) is 14.8. The van der Waals surface area contributed by atoms with Crippen LogP contribution in [-0.4, -0.2) is 16.5 Å². The molecule has 4 rings (SSSR count). The predicted octanol–water partition coefficient (Wildman–Crippen LogP) is 5.05. The molecule has 0 aromatic heterocycles. The molecule has 3 saturated carbocycles. The fraction of sp³-hybridized carbons (Fsp3) is 0.762. The molecule has 24 heavy (non-hydrogen) atoms. The van der Waals surface area contributed by atoms with Crippen LogP contribution in [0.5, 0.6) is 0 Å². The summed E-state index contributed by atoms with van der Waals surface area (Å²) >= 11 is 2.24.